The zero-order chi connectivity index (χ0) is 20.3. The zero-order valence-electron chi connectivity index (χ0n) is 15.7. The van der Waals surface area contributed by atoms with Crippen molar-refractivity contribution in [1.29, 1.82) is 0 Å². The third-order valence-corrected chi connectivity index (χ3v) is 6.83. The number of piperidine rings is 1. The van der Waals surface area contributed by atoms with Gasteiger partial charge in [-0.05, 0) is 38.8 Å². The summed E-state index contributed by atoms with van der Waals surface area (Å²) in [5.41, 5.74) is 0.671. The molecule has 0 atom stereocenters. The molecule has 0 unspecified atom stereocenters. The minimum atomic E-state index is -3.67. The van der Waals surface area contributed by atoms with Gasteiger partial charge in [-0.1, -0.05) is 23.4 Å². The highest BCUT2D eigenvalue weighted by molar-refractivity contribution is 7.89. The summed E-state index contributed by atoms with van der Waals surface area (Å²) in [4.78, 5) is 12.2. The van der Waals surface area contributed by atoms with Crippen LogP contribution >= 0.6 is 0 Å². The van der Waals surface area contributed by atoms with Crippen LogP contribution in [0.1, 0.15) is 29.9 Å². The second-order valence-corrected chi connectivity index (χ2v) is 8.57. The summed E-state index contributed by atoms with van der Waals surface area (Å²) in [6, 6.07) is 6.03. The SMILES string of the molecule is Cc1noc(C)c1S(=O)(=O)N1CCC(NC(=O)/C=C/c2ccccc2F)CC1. The highest BCUT2D eigenvalue weighted by atomic mass is 32.2. The lowest BCUT2D eigenvalue weighted by atomic mass is 10.1. The minimum absolute atomic E-state index is 0.114. The van der Waals surface area contributed by atoms with E-state index >= 15 is 0 Å². The van der Waals surface area contributed by atoms with Gasteiger partial charge in [0.05, 0.1) is 0 Å². The number of rotatable bonds is 5. The molecule has 0 saturated carbocycles. The number of sulfonamides is 1. The molecule has 7 nitrogen and oxygen atoms in total. The number of benzene rings is 1. The van der Waals surface area contributed by atoms with Gasteiger partial charge in [0.15, 0.2) is 5.76 Å². The maximum atomic E-state index is 13.6. The van der Waals surface area contributed by atoms with E-state index in [1.54, 1.807) is 32.0 Å². The number of carbonyl (C=O) groups excluding carboxylic acids is 1. The van der Waals surface area contributed by atoms with Crippen LogP contribution in [0.2, 0.25) is 0 Å². The molecule has 1 aliphatic heterocycles. The van der Waals surface area contributed by atoms with Gasteiger partial charge < -0.3 is 9.84 Å². The van der Waals surface area contributed by atoms with Crippen molar-refractivity contribution in [2.45, 2.75) is 37.6 Å². The molecule has 0 radical (unpaired) electrons. The van der Waals surface area contributed by atoms with Gasteiger partial charge in [0, 0.05) is 30.8 Å². The normalized spacial score (nSPS) is 16.5. The molecule has 0 aliphatic carbocycles. The van der Waals surface area contributed by atoms with Gasteiger partial charge in [-0.15, -0.1) is 0 Å². The molecule has 0 spiro atoms. The molecule has 0 bridgehead atoms. The van der Waals surface area contributed by atoms with Crippen LogP contribution in [0.25, 0.3) is 6.08 Å². The molecule has 28 heavy (non-hydrogen) atoms. The first-order chi connectivity index (χ1) is 13.3. The van der Waals surface area contributed by atoms with E-state index < -0.39 is 15.8 Å². The number of nitrogens with zero attached hydrogens (tertiary/aromatic N) is 2. The fourth-order valence-electron chi connectivity index (χ4n) is 3.24. The Balaban J connectivity index is 1.57. The minimum Gasteiger partial charge on any atom is -0.360 e. The largest absolute Gasteiger partial charge is 0.360 e. The molecule has 150 valence electrons. The smallest absolute Gasteiger partial charge is 0.248 e. The van der Waals surface area contributed by atoms with Crippen LogP contribution in [-0.4, -0.2) is 42.9 Å². The first kappa shape index (κ1) is 20.2. The quantitative estimate of drug-likeness (QED) is 0.769. The molecule has 1 fully saturated rings. The van der Waals surface area contributed by atoms with Gasteiger partial charge in [-0.2, -0.15) is 4.31 Å². The van der Waals surface area contributed by atoms with E-state index in [0.29, 0.717) is 24.1 Å². The van der Waals surface area contributed by atoms with Gasteiger partial charge in [-0.3, -0.25) is 4.79 Å². The van der Waals surface area contributed by atoms with Gasteiger partial charge in [0.2, 0.25) is 15.9 Å². The van der Waals surface area contributed by atoms with Crippen molar-refractivity contribution < 1.29 is 22.1 Å². The predicted octanol–water partition coefficient (Wildman–Crippen LogP) is 2.41. The molecule has 1 aromatic carbocycles. The summed E-state index contributed by atoms with van der Waals surface area (Å²) >= 11 is 0. The zero-order valence-corrected chi connectivity index (χ0v) is 16.5. The summed E-state index contributed by atoms with van der Waals surface area (Å²) < 4.78 is 45.5. The van der Waals surface area contributed by atoms with Gasteiger partial charge in [0.25, 0.3) is 0 Å². The van der Waals surface area contributed by atoms with Crippen molar-refractivity contribution in [3.8, 4) is 0 Å². The Bertz CT molecular complexity index is 973. The number of hydrogen-bond acceptors (Lipinski definition) is 5. The van der Waals surface area contributed by atoms with E-state index in [0.717, 1.165) is 0 Å². The average Bonchev–Trinajstić information content (AvgIpc) is 3.00. The van der Waals surface area contributed by atoms with Crippen molar-refractivity contribution in [2.24, 2.45) is 0 Å². The maximum Gasteiger partial charge on any atom is 0.248 e. The van der Waals surface area contributed by atoms with E-state index in [2.05, 4.69) is 10.5 Å². The first-order valence-electron chi connectivity index (χ1n) is 8.95. The molecule has 1 amide bonds. The van der Waals surface area contributed by atoms with Crippen molar-refractivity contribution in [1.82, 2.24) is 14.8 Å². The Kier molecular flexibility index (Phi) is 5.95. The second kappa shape index (κ2) is 8.24. The monoisotopic (exact) mass is 407 g/mol. The number of carbonyl (C=O) groups is 1. The number of hydrogen-bond donors (Lipinski definition) is 1. The van der Waals surface area contributed by atoms with Crippen LogP contribution in [0.5, 0.6) is 0 Å². The topological polar surface area (TPSA) is 92.5 Å². The summed E-state index contributed by atoms with van der Waals surface area (Å²) in [5.74, 6) is -0.467. The summed E-state index contributed by atoms with van der Waals surface area (Å²) in [6.45, 7) is 3.74. The number of amides is 1. The molecule has 1 N–H and O–H groups in total. The number of aryl methyl sites for hydroxylation is 2. The van der Waals surface area contributed by atoms with Crippen molar-refractivity contribution >= 4 is 22.0 Å². The molecule has 1 saturated heterocycles. The van der Waals surface area contributed by atoms with Crippen molar-refractivity contribution in [3.05, 3.63) is 53.2 Å². The summed E-state index contributed by atoms with van der Waals surface area (Å²) in [7, 11) is -3.67. The van der Waals surface area contributed by atoms with E-state index in [1.165, 1.54) is 22.5 Å². The molecule has 2 heterocycles. The summed E-state index contributed by atoms with van der Waals surface area (Å²) in [5, 5.41) is 6.55. The van der Waals surface area contributed by atoms with E-state index in [-0.39, 0.29) is 35.7 Å². The lowest BCUT2D eigenvalue weighted by Gasteiger charge is -2.31. The van der Waals surface area contributed by atoms with Crippen LogP contribution in [0.15, 0.2) is 39.8 Å². The van der Waals surface area contributed by atoms with Crippen molar-refractivity contribution in [3.63, 3.8) is 0 Å². The van der Waals surface area contributed by atoms with Crippen LogP contribution < -0.4 is 5.32 Å². The van der Waals surface area contributed by atoms with E-state index in [9.17, 15) is 17.6 Å². The number of halogens is 1. The molecule has 1 aliphatic rings. The maximum absolute atomic E-state index is 13.6. The van der Waals surface area contributed by atoms with Crippen LogP contribution in [0.3, 0.4) is 0 Å². The Morgan fingerprint density at radius 1 is 1.29 bits per heavy atom. The second-order valence-electron chi connectivity index (χ2n) is 6.70. The Labute approximate surface area is 163 Å². The first-order valence-corrected chi connectivity index (χ1v) is 10.4. The van der Waals surface area contributed by atoms with Gasteiger partial charge in [0.1, 0.15) is 16.4 Å². The Hall–Kier alpha value is -2.52. The lowest BCUT2D eigenvalue weighted by molar-refractivity contribution is -0.117. The molecule has 9 heteroatoms. The van der Waals surface area contributed by atoms with Gasteiger partial charge >= 0.3 is 0 Å². The van der Waals surface area contributed by atoms with E-state index in [1.807, 2.05) is 0 Å². The summed E-state index contributed by atoms with van der Waals surface area (Å²) in [6.07, 6.45) is 3.68. The fourth-order valence-corrected chi connectivity index (χ4v) is 5.00. The number of aromatic nitrogens is 1. The average molecular weight is 407 g/mol. The predicted molar refractivity (Wildman–Crippen MR) is 101 cm³/mol. The molecular formula is C19H22FN3O4S. The highest BCUT2D eigenvalue weighted by Gasteiger charge is 2.33. The third kappa shape index (κ3) is 4.31. The lowest BCUT2D eigenvalue weighted by Crippen LogP contribution is -2.46. The molecule has 1 aromatic heterocycles. The highest BCUT2D eigenvalue weighted by Crippen LogP contribution is 2.25. The van der Waals surface area contributed by atoms with Crippen LogP contribution in [-0.2, 0) is 14.8 Å². The number of nitrogens with one attached hydrogen (secondary N) is 1. The van der Waals surface area contributed by atoms with Crippen LogP contribution in [0, 0.1) is 19.7 Å². The standard InChI is InChI=1S/C19H22FN3O4S/c1-13-19(14(2)27-22-13)28(25,26)23-11-9-16(10-12-23)21-18(24)8-7-15-5-3-4-6-17(15)20/h3-8,16H,9-12H2,1-2H3,(H,21,24)/b8-7+. The van der Waals surface area contributed by atoms with Crippen molar-refractivity contribution in [2.75, 3.05) is 13.1 Å². The van der Waals surface area contributed by atoms with Crippen LogP contribution in [0.4, 0.5) is 4.39 Å². The Morgan fingerprint density at radius 3 is 2.57 bits per heavy atom. The fraction of sp³-hybridized carbons (Fsp3) is 0.368. The van der Waals surface area contributed by atoms with E-state index in [4.69, 9.17) is 4.52 Å². The molecular weight excluding hydrogens is 385 g/mol. The van der Waals surface area contributed by atoms with Gasteiger partial charge in [-0.25, -0.2) is 12.8 Å². The molecule has 2 aromatic rings. The Morgan fingerprint density at radius 2 is 1.96 bits per heavy atom. The third-order valence-electron chi connectivity index (χ3n) is 4.69. The molecule has 3 rings (SSSR count).